The highest BCUT2D eigenvalue weighted by molar-refractivity contribution is 5.84. The molecule has 0 spiro atoms. The first kappa shape index (κ1) is 13.9. The molecular weight excluding hydrogens is 234 g/mol. The maximum atomic E-state index is 5.26. The summed E-state index contributed by atoms with van der Waals surface area (Å²) in [6.07, 6.45) is 1.18. The molecule has 0 saturated heterocycles. The van der Waals surface area contributed by atoms with Gasteiger partial charge in [0.2, 0.25) is 0 Å². The van der Waals surface area contributed by atoms with Gasteiger partial charge in [-0.25, -0.2) is 0 Å². The van der Waals surface area contributed by atoms with E-state index in [2.05, 4.69) is 49.5 Å². The van der Waals surface area contributed by atoms with Crippen molar-refractivity contribution in [2.45, 2.75) is 26.2 Å². The standard InChI is InChI=1S/C17H23NO/c1-4-9-18-12-13(2)14-5-6-16-11-17(19-3)8-7-15(16)10-14/h5-8,10-11,13,18H,4,9,12H2,1-3H3. The largest absolute Gasteiger partial charge is 0.497 e. The third-order valence-corrected chi connectivity index (χ3v) is 3.52. The summed E-state index contributed by atoms with van der Waals surface area (Å²) in [6, 6.07) is 12.9. The Balaban J connectivity index is 2.16. The lowest BCUT2D eigenvalue weighted by atomic mass is 9.97. The Morgan fingerprint density at radius 3 is 2.58 bits per heavy atom. The van der Waals surface area contributed by atoms with E-state index in [1.54, 1.807) is 7.11 Å². The Morgan fingerprint density at radius 2 is 1.84 bits per heavy atom. The van der Waals surface area contributed by atoms with Gasteiger partial charge in [0.05, 0.1) is 7.11 Å². The van der Waals surface area contributed by atoms with Gasteiger partial charge >= 0.3 is 0 Å². The molecule has 0 heterocycles. The molecule has 0 aliphatic carbocycles. The molecule has 0 aromatic heterocycles. The van der Waals surface area contributed by atoms with Gasteiger partial charge in [-0.1, -0.05) is 38.1 Å². The lowest BCUT2D eigenvalue weighted by Crippen LogP contribution is -2.20. The second-order valence-electron chi connectivity index (χ2n) is 5.08. The Kier molecular flexibility index (Phi) is 4.80. The number of methoxy groups -OCH3 is 1. The van der Waals surface area contributed by atoms with E-state index in [0.717, 1.165) is 18.8 Å². The first-order valence-corrected chi connectivity index (χ1v) is 7.03. The predicted octanol–water partition coefficient (Wildman–Crippen LogP) is 3.95. The van der Waals surface area contributed by atoms with E-state index in [4.69, 9.17) is 4.74 Å². The van der Waals surface area contributed by atoms with Crippen LogP contribution in [0, 0.1) is 0 Å². The van der Waals surface area contributed by atoms with Crippen LogP contribution in [0.2, 0.25) is 0 Å². The van der Waals surface area contributed by atoms with Gasteiger partial charge in [0.1, 0.15) is 5.75 Å². The second kappa shape index (κ2) is 6.58. The third kappa shape index (κ3) is 3.48. The van der Waals surface area contributed by atoms with Gasteiger partial charge in [-0.2, -0.15) is 0 Å². The molecule has 1 atom stereocenters. The number of rotatable bonds is 6. The zero-order valence-electron chi connectivity index (χ0n) is 12.1. The summed E-state index contributed by atoms with van der Waals surface area (Å²) in [6.45, 7) is 6.60. The van der Waals surface area contributed by atoms with Crippen molar-refractivity contribution >= 4 is 10.8 Å². The zero-order valence-corrected chi connectivity index (χ0v) is 12.1. The van der Waals surface area contributed by atoms with E-state index >= 15 is 0 Å². The number of hydrogen-bond donors (Lipinski definition) is 1. The number of ether oxygens (including phenoxy) is 1. The minimum Gasteiger partial charge on any atom is -0.497 e. The van der Waals surface area contributed by atoms with Gasteiger partial charge in [-0.3, -0.25) is 0 Å². The van der Waals surface area contributed by atoms with Crippen molar-refractivity contribution in [2.24, 2.45) is 0 Å². The summed E-state index contributed by atoms with van der Waals surface area (Å²) in [5.41, 5.74) is 1.39. The summed E-state index contributed by atoms with van der Waals surface area (Å²) in [5, 5.41) is 5.99. The number of fused-ring (bicyclic) bond motifs is 1. The molecule has 102 valence electrons. The molecule has 1 unspecified atom stereocenters. The number of nitrogens with one attached hydrogen (secondary N) is 1. The minimum atomic E-state index is 0.540. The quantitative estimate of drug-likeness (QED) is 0.791. The van der Waals surface area contributed by atoms with Gasteiger partial charge in [-0.15, -0.1) is 0 Å². The van der Waals surface area contributed by atoms with Crippen LogP contribution in [-0.2, 0) is 0 Å². The molecule has 2 aromatic carbocycles. The van der Waals surface area contributed by atoms with Crippen LogP contribution in [0.3, 0.4) is 0 Å². The fraction of sp³-hybridized carbons (Fsp3) is 0.412. The normalized spacial score (nSPS) is 12.6. The highest BCUT2D eigenvalue weighted by atomic mass is 16.5. The van der Waals surface area contributed by atoms with Gasteiger partial charge < -0.3 is 10.1 Å². The molecule has 0 fully saturated rings. The summed E-state index contributed by atoms with van der Waals surface area (Å²) >= 11 is 0. The summed E-state index contributed by atoms with van der Waals surface area (Å²) < 4.78 is 5.26. The summed E-state index contributed by atoms with van der Waals surface area (Å²) in [7, 11) is 1.71. The van der Waals surface area contributed by atoms with Crippen LogP contribution in [0.1, 0.15) is 31.7 Å². The highest BCUT2D eigenvalue weighted by Gasteiger charge is 2.06. The van der Waals surface area contributed by atoms with Crippen molar-refractivity contribution in [3.63, 3.8) is 0 Å². The van der Waals surface area contributed by atoms with E-state index in [1.165, 1.54) is 22.8 Å². The second-order valence-corrected chi connectivity index (χ2v) is 5.08. The van der Waals surface area contributed by atoms with Crippen molar-refractivity contribution < 1.29 is 4.74 Å². The molecule has 0 saturated carbocycles. The van der Waals surface area contributed by atoms with Crippen molar-refractivity contribution in [1.29, 1.82) is 0 Å². The topological polar surface area (TPSA) is 21.3 Å². The zero-order chi connectivity index (χ0) is 13.7. The predicted molar refractivity (Wildman–Crippen MR) is 82.1 cm³/mol. The molecule has 2 rings (SSSR count). The molecule has 0 amide bonds. The Labute approximate surface area is 115 Å². The van der Waals surface area contributed by atoms with Crippen LogP contribution in [0.15, 0.2) is 36.4 Å². The SMILES string of the molecule is CCCNCC(C)c1ccc2cc(OC)ccc2c1. The molecule has 0 radical (unpaired) electrons. The van der Waals surface area contributed by atoms with Gasteiger partial charge in [0, 0.05) is 6.54 Å². The number of benzene rings is 2. The van der Waals surface area contributed by atoms with Crippen molar-refractivity contribution in [3.8, 4) is 5.75 Å². The van der Waals surface area contributed by atoms with Crippen LogP contribution >= 0.6 is 0 Å². The van der Waals surface area contributed by atoms with Gasteiger partial charge in [-0.05, 0) is 47.4 Å². The molecule has 2 aromatic rings. The van der Waals surface area contributed by atoms with E-state index in [0.29, 0.717) is 5.92 Å². The van der Waals surface area contributed by atoms with Crippen LogP contribution in [0.5, 0.6) is 5.75 Å². The Bertz CT molecular complexity index is 536. The lowest BCUT2D eigenvalue weighted by molar-refractivity contribution is 0.415. The fourth-order valence-corrected chi connectivity index (χ4v) is 2.29. The molecule has 2 nitrogen and oxygen atoms in total. The van der Waals surface area contributed by atoms with Crippen LogP contribution in [0.25, 0.3) is 10.8 Å². The average Bonchev–Trinajstić information content (AvgIpc) is 2.46. The summed E-state index contributed by atoms with van der Waals surface area (Å²) in [5.74, 6) is 1.45. The monoisotopic (exact) mass is 257 g/mol. The first-order valence-electron chi connectivity index (χ1n) is 7.03. The Hall–Kier alpha value is -1.54. The molecule has 2 heteroatoms. The van der Waals surface area contributed by atoms with E-state index in [1.807, 2.05) is 6.07 Å². The average molecular weight is 257 g/mol. The number of hydrogen-bond acceptors (Lipinski definition) is 2. The van der Waals surface area contributed by atoms with Crippen molar-refractivity contribution in [1.82, 2.24) is 5.32 Å². The van der Waals surface area contributed by atoms with Crippen LogP contribution < -0.4 is 10.1 Å². The fourth-order valence-electron chi connectivity index (χ4n) is 2.29. The molecule has 1 N–H and O–H groups in total. The van der Waals surface area contributed by atoms with E-state index in [-0.39, 0.29) is 0 Å². The van der Waals surface area contributed by atoms with Crippen molar-refractivity contribution in [2.75, 3.05) is 20.2 Å². The van der Waals surface area contributed by atoms with Gasteiger partial charge in [0.25, 0.3) is 0 Å². The van der Waals surface area contributed by atoms with Crippen LogP contribution in [-0.4, -0.2) is 20.2 Å². The maximum absolute atomic E-state index is 5.26. The lowest BCUT2D eigenvalue weighted by Gasteiger charge is -2.14. The first-order chi connectivity index (χ1) is 9.24. The molecule has 0 aliphatic heterocycles. The molecule has 0 aliphatic rings. The van der Waals surface area contributed by atoms with E-state index in [9.17, 15) is 0 Å². The van der Waals surface area contributed by atoms with Crippen molar-refractivity contribution in [3.05, 3.63) is 42.0 Å². The molecular formula is C17H23NO. The maximum Gasteiger partial charge on any atom is 0.119 e. The molecule has 0 bridgehead atoms. The van der Waals surface area contributed by atoms with Gasteiger partial charge in [0.15, 0.2) is 0 Å². The smallest absolute Gasteiger partial charge is 0.119 e. The summed E-state index contributed by atoms with van der Waals surface area (Å²) in [4.78, 5) is 0. The Morgan fingerprint density at radius 1 is 1.11 bits per heavy atom. The van der Waals surface area contributed by atoms with E-state index < -0.39 is 0 Å². The third-order valence-electron chi connectivity index (χ3n) is 3.52. The van der Waals surface area contributed by atoms with Crippen LogP contribution in [0.4, 0.5) is 0 Å². The molecule has 19 heavy (non-hydrogen) atoms. The highest BCUT2D eigenvalue weighted by Crippen LogP contribution is 2.24. The minimum absolute atomic E-state index is 0.540.